The van der Waals surface area contributed by atoms with Gasteiger partial charge in [0, 0.05) is 5.56 Å². The summed E-state index contributed by atoms with van der Waals surface area (Å²) in [6.07, 6.45) is 9.81. The SMILES string of the molecule is CCCCC[C@H]1CC[C@H](c2ccc(-c3ccc(F)cc3)c(C#N)c2C#N)CC1. The topological polar surface area (TPSA) is 47.6 Å². The first-order valence-corrected chi connectivity index (χ1v) is 10.4. The normalized spacial score (nSPS) is 19.0. The third kappa shape index (κ3) is 4.42. The summed E-state index contributed by atoms with van der Waals surface area (Å²) in [7, 11) is 0. The molecule has 0 heterocycles. The molecule has 28 heavy (non-hydrogen) atoms. The molecule has 0 aromatic heterocycles. The fraction of sp³-hybridized carbons (Fsp3) is 0.440. The summed E-state index contributed by atoms with van der Waals surface area (Å²) in [6, 6.07) is 14.6. The van der Waals surface area contributed by atoms with Gasteiger partial charge in [0.1, 0.15) is 18.0 Å². The molecule has 2 aromatic carbocycles. The summed E-state index contributed by atoms with van der Waals surface area (Å²) in [5, 5.41) is 19.6. The maximum atomic E-state index is 13.2. The van der Waals surface area contributed by atoms with Crippen LogP contribution in [0.4, 0.5) is 4.39 Å². The fourth-order valence-electron chi connectivity index (χ4n) is 4.51. The number of nitriles is 2. The van der Waals surface area contributed by atoms with Crippen molar-refractivity contribution < 1.29 is 4.39 Å². The average molecular weight is 375 g/mol. The van der Waals surface area contributed by atoms with Crippen molar-refractivity contribution in [3.63, 3.8) is 0 Å². The van der Waals surface area contributed by atoms with Crippen molar-refractivity contribution in [1.82, 2.24) is 0 Å². The van der Waals surface area contributed by atoms with Crippen molar-refractivity contribution in [3.05, 3.63) is 58.9 Å². The van der Waals surface area contributed by atoms with E-state index in [1.54, 1.807) is 12.1 Å². The van der Waals surface area contributed by atoms with E-state index in [4.69, 9.17) is 0 Å². The molecule has 1 aliphatic carbocycles. The summed E-state index contributed by atoms with van der Waals surface area (Å²) in [4.78, 5) is 0. The first-order valence-electron chi connectivity index (χ1n) is 10.4. The van der Waals surface area contributed by atoms with Gasteiger partial charge in [0.05, 0.1) is 11.1 Å². The number of unbranched alkanes of at least 4 members (excludes halogenated alkanes) is 2. The molecule has 0 saturated heterocycles. The number of halogens is 1. The van der Waals surface area contributed by atoms with E-state index in [-0.39, 0.29) is 5.82 Å². The zero-order valence-corrected chi connectivity index (χ0v) is 16.5. The van der Waals surface area contributed by atoms with Gasteiger partial charge in [-0.1, -0.05) is 56.9 Å². The molecule has 3 heteroatoms. The molecule has 0 atom stereocenters. The Balaban J connectivity index is 1.83. The minimum atomic E-state index is -0.310. The van der Waals surface area contributed by atoms with Crippen molar-refractivity contribution in [2.75, 3.05) is 0 Å². The van der Waals surface area contributed by atoms with E-state index >= 15 is 0 Å². The Morgan fingerprint density at radius 3 is 2.18 bits per heavy atom. The Morgan fingerprint density at radius 1 is 0.893 bits per heavy atom. The Labute approximate surface area is 167 Å². The predicted octanol–water partition coefficient (Wildman–Crippen LogP) is 7.09. The highest BCUT2D eigenvalue weighted by molar-refractivity contribution is 5.75. The van der Waals surface area contributed by atoms with E-state index in [1.165, 1.54) is 50.7 Å². The van der Waals surface area contributed by atoms with Crippen LogP contribution in [-0.4, -0.2) is 0 Å². The first-order chi connectivity index (χ1) is 13.7. The summed E-state index contributed by atoms with van der Waals surface area (Å²) in [6.45, 7) is 2.24. The second-order valence-electron chi connectivity index (χ2n) is 7.90. The molecule has 144 valence electrons. The van der Waals surface area contributed by atoms with Crippen molar-refractivity contribution in [2.45, 2.75) is 64.2 Å². The van der Waals surface area contributed by atoms with Gasteiger partial charge < -0.3 is 0 Å². The van der Waals surface area contributed by atoms with Gasteiger partial charge in [-0.2, -0.15) is 10.5 Å². The smallest absolute Gasteiger partial charge is 0.123 e. The lowest BCUT2D eigenvalue weighted by Gasteiger charge is -2.29. The summed E-state index contributed by atoms with van der Waals surface area (Å²) in [5.74, 6) is 0.851. The molecule has 3 rings (SSSR count). The Morgan fingerprint density at radius 2 is 1.57 bits per heavy atom. The molecule has 1 saturated carbocycles. The molecule has 0 aliphatic heterocycles. The van der Waals surface area contributed by atoms with Gasteiger partial charge in [-0.15, -0.1) is 0 Å². The van der Waals surface area contributed by atoms with Crippen LogP contribution in [0.2, 0.25) is 0 Å². The fourth-order valence-corrected chi connectivity index (χ4v) is 4.51. The lowest BCUT2D eigenvalue weighted by Crippen LogP contribution is -2.15. The van der Waals surface area contributed by atoms with Gasteiger partial charge in [-0.25, -0.2) is 4.39 Å². The number of hydrogen-bond donors (Lipinski definition) is 0. The number of nitrogens with zero attached hydrogens (tertiary/aromatic N) is 2. The van der Waals surface area contributed by atoms with Gasteiger partial charge in [-0.3, -0.25) is 0 Å². The highest BCUT2D eigenvalue weighted by Gasteiger charge is 2.26. The van der Waals surface area contributed by atoms with Crippen LogP contribution >= 0.6 is 0 Å². The minimum Gasteiger partial charge on any atom is -0.207 e. The van der Waals surface area contributed by atoms with Crippen LogP contribution in [0.1, 0.15) is 80.9 Å². The molecule has 2 aromatic rings. The Hall–Kier alpha value is -2.65. The molecule has 2 nitrogen and oxygen atoms in total. The Kier molecular flexibility index (Phi) is 6.83. The van der Waals surface area contributed by atoms with Crippen LogP contribution < -0.4 is 0 Å². The minimum absolute atomic E-state index is 0.310. The maximum Gasteiger partial charge on any atom is 0.123 e. The third-order valence-electron chi connectivity index (χ3n) is 6.12. The molecule has 1 fully saturated rings. The molecule has 1 aliphatic rings. The monoisotopic (exact) mass is 374 g/mol. The van der Waals surface area contributed by atoms with Crippen LogP contribution in [0.25, 0.3) is 11.1 Å². The Bertz CT molecular complexity index is 878. The van der Waals surface area contributed by atoms with Crippen molar-refractivity contribution in [1.29, 1.82) is 10.5 Å². The van der Waals surface area contributed by atoms with Crippen LogP contribution in [-0.2, 0) is 0 Å². The highest BCUT2D eigenvalue weighted by atomic mass is 19.1. The van der Waals surface area contributed by atoms with Gasteiger partial charge in [0.2, 0.25) is 0 Å². The number of hydrogen-bond acceptors (Lipinski definition) is 2. The van der Waals surface area contributed by atoms with Crippen molar-refractivity contribution >= 4 is 0 Å². The van der Waals surface area contributed by atoms with Crippen LogP contribution in [0.5, 0.6) is 0 Å². The molecule has 0 amide bonds. The lowest BCUT2D eigenvalue weighted by molar-refractivity contribution is 0.302. The van der Waals surface area contributed by atoms with Crippen LogP contribution in [0, 0.1) is 34.4 Å². The lowest BCUT2D eigenvalue weighted by atomic mass is 9.75. The van der Waals surface area contributed by atoms with E-state index in [1.807, 2.05) is 12.1 Å². The van der Waals surface area contributed by atoms with Gasteiger partial charge in [-0.05, 0) is 60.8 Å². The van der Waals surface area contributed by atoms with Crippen molar-refractivity contribution in [3.8, 4) is 23.3 Å². The second-order valence-corrected chi connectivity index (χ2v) is 7.90. The third-order valence-corrected chi connectivity index (χ3v) is 6.12. The van der Waals surface area contributed by atoms with Gasteiger partial charge in [0.25, 0.3) is 0 Å². The average Bonchev–Trinajstić information content (AvgIpc) is 2.74. The van der Waals surface area contributed by atoms with E-state index in [2.05, 4.69) is 19.1 Å². The van der Waals surface area contributed by atoms with Gasteiger partial charge >= 0.3 is 0 Å². The molecular formula is C25H27FN2. The molecular weight excluding hydrogens is 347 g/mol. The van der Waals surface area contributed by atoms with E-state index < -0.39 is 0 Å². The maximum absolute atomic E-state index is 13.2. The predicted molar refractivity (Wildman–Crippen MR) is 110 cm³/mol. The highest BCUT2D eigenvalue weighted by Crippen LogP contribution is 2.40. The zero-order chi connectivity index (χ0) is 19.9. The first kappa shape index (κ1) is 20.1. The standard InChI is InChI=1S/C25H27FN2/c1-2-3-4-5-18-6-8-19(9-7-18)22-14-15-23(25(17-28)24(22)16-27)20-10-12-21(26)13-11-20/h10-15,18-19H,2-9H2,1H3/t18-,19-. The molecule has 0 spiro atoms. The number of benzene rings is 2. The van der Waals surface area contributed by atoms with Crippen LogP contribution in [0.3, 0.4) is 0 Å². The van der Waals surface area contributed by atoms with Gasteiger partial charge in [0.15, 0.2) is 0 Å². The molecule has 0 unspecified atom stereocenters. The molecule has 0 radical (unpaired) electrons. The van der Waals surface area contributed by atoms with E-state index in [9.17, 15) is 14.9 Å². The molecule has 0 bridgehead atoms. The quantitative estimate of drug-likeness (QED) is 0.507. The van der Waals surface area contributed by atoms with E-state index in [0.29, 0.717) is 22.6 Å². The second kappa shape index (κ2) is 9.52. The molecule has 0 N–H and O–H groups in total. The number of rotatable bonds is 6. The summed E-state index contributed by atoms with van der Waals surface area (Å²) >= 11 is 0. The summed E-state index contributed by atoms with van der Waals surface area (Å²) in [5.41, 5.74) is 3.39. The van der Waals surface area contributed by atoms with E-state index in [0.717, 1.165) is 29.9 Å². The summed E-state index contributed by atoms with van der Waals surface area (Å²) < 4.78 is 13.2. The largest absolute Gasteiger partial charge is 0.207 e. The van der Waals surface area contributed by atoms with Crippen molar-refractivity contribution in [2.24, 2.45) is 5.92 Å². The zero-order valence-electron chi connectivity index (χ0n) is 16.5. The van der Waals surface area contributed by atoms with Crippen LogP contribution in [0.15, 0.2) is 36.4 Å².